The van der Waals surface area contributed by atoms with Crippen LogP contribution in [0.25, 0.3) is 11.2 Å². The molecular weight excluding hydrogens is 622 g/mol. The minimum absolute atomic E-state index is 0.00453. The first-order chi connectivity index (χ1) is 22.9. The summed E-state index contributed by atoms with van der Waals surface area (Å²) in [6.07, 6.45) is -0.477. The minimum Gasteiger partial charge on any atom is -0.488 e. The molecule has 4 amide bonds. The Morgan fingerprint density at radius 1 is 0.958 bits per heavy atom. The number of nitrogens with one attached hydrogen (secondary N) is 3. The lowest BCUT2D eigenvalue weighted by atomic mass is 10.1. The number of hydrogen-bond donors (Lipinski definition) is 3. The molecule has 2 saturated heterocycles. The third kappa shape index (κ3) is 7.38. The molecule has 2 aromatic carbocycles. The van der Waals surface area contributed by atoms with E-state index in [4.69, 9.17) is 23.7 Å². The lowest BCUT2D eigenvalue weighted by Crippen LogP contribution is -2.45. The fourth-order valence-corrected chi connectivity index (χ4v) is 5.50. The first kappa shape index (κ1) is 32.8. The predicted molar refractivity (Wildman–Crippen MR) is 171 cm³/mol. The van der Waals surface area contributed by atoms with E-state index in [0.717, 1.165) is 5.56 Å². The molecule has 2 aliphatic heterocycles. The van der Waals surface area contributed by atoms with Crippen molar-refractivity contribution in [3.63, 3.8) is 0 Å². The van der Waals surface area contributed by atoms with E-state index in [1.165, 1.54) is 12.7 Å². The first-order valence-corrected chi connectivity index (χ1v) is 15.4. The van der Waals surface area contributed by atoms with E-state index in [9.17, 15) is 14.4 Å². The summed E-state index contributed by atoms with van der Waals surface area (Å²) in [7, 11) is 0. The number of imide groups is 1. The topological polar surface area (TPSA) is 177 Å². The molecule has 4 atom stereocenters. The fraction of sp³-hybridized carbons (Fsp3) is 0.394. The lowest BCUT2D eigenvalue weighted by molar-refractivity contribution is -0.195. The van der Waals surface area contributed by atoms with E-state index in [-0.39, 0.29) is 24.5 Å². The van der Waals surface area contributed by atoms with Crippen LogP contribution in [-0.4, -0.2) is 73.8 Å². The molecular formula is C33H37N7O8. The van der Waals surface area contributed by atoms with Crippen molar-refractivity contribution >= 4 is 35.0 Å². The number of rotatable bonds is 8. The summed E-state index contributed by atoms with van der Waals surface area (Å²) in [5.74, 6) is -1.05. The third-order valence-corrected chi connectivity index (χ3v) is 7.44. The average molecular weight is 660 g/mol. The SMILES string of the molecule is CC(C)(C)OC(=O)Nc1ncnc2c1ncn2[C@@H]1O[C@H](CNC(=O)NC(=O)c2ccccc2OCc2ccccc2)[C@@H]2OC(C)(C)OC21. The van der Waals surface area contributed by atoms with Crippen LogP contribution in [0.4, 0.5) is 15.4 Å². The van der Waals surface area contributed by atoms with Gasteiger partial charge < -0.3 is 29.0 Å². The van der Waals surface area contributed by atoms with E-state index in [2.05, 4.69) is 30.9 Å². The van der Waals surface area contributed by atoms with Gasteiger partial charge in [0.05, 0.1) is 11.9 Å². The van der Waals surface area contributed by atoms with Gasteiger partial charge in [-0.15, -0.1) is 0 Å². The summed E-state index contributed by atoms with van der Waals surface area (Å²) in [6.45, 7) is 9.09. The summed E-state index contributed by atoms with van der Waals surface area (Å²) in [5, 5.41) is 7.69. The van der Waals surface area contributed by atoms with E-state index in [0.29, 0.717) is 16.9 Å². The summed E-state index contributed by atoms with van der Waals surface area (Å²) in [5.41, 5.74) is 1.13. The molecule has 0 spiro atoms. The molecule has 48 heavy (non-hydrogen) atoms. The van der Waals surface area contributed by atoms with Crippen LogP contribution in [0.3, 0.4) is 0 Å². The number of anilines is 1. The van der Waals surface area contributed by atoms with E-state index in [1.54, 1.807) is 63.5 Å². The maximum Gasteiger partial charge on any atom is 0.413 e. The van der Waals surface area contributed by atoms with Gasteiger partial charge in [-0.05, 0) is 52.3 Å². The average Bonchev–Trinajstić information content (AvgIpc) is 3.69. The van der Waals surface area contributed by atoms with Crippen molar-refractivity contribution in [2.75, 3.05) is 11.9 Å². The number of nitrogens with zero attached hydrogens (tertiary/aromatic N) is 4. The van der Waals surface area contributed by atoms with Crippen molar-refractivity contribution in [3.05, 3.63) is 78.4 Å². The molecule has 2 fully saturated rings. The van der Waals surface area contributed by atoms with Gasteiger partial charge in [0.15, 0.2) is 29.0 Å². The van der Waals surface area contributed by atoms with E-state index < -0.39 is 54.0 Å². The van der Waals surface area contributed by atoms with E-state index in [1.807, 2.05) is 30.3 Å². The maximum atomic E-state index is 13.1. The van der Waals surface area contributed by atoms with Gasteiger partial charge in [-0.25, -0.2) is 24.5 Å². The highest BCUT2D eigenvalue weighted by Crippen LogP contribution is 2.43. The van der Waals surface area contributed by atoms with Gasteiger partial charge in [-0.3, -0.25) is 20.0 Å². The number of carbonyl (C=O) groups is 3. The molecule has 1 unspecified atom stereocenters. The Morgan fingerprint density at radius 3 is 2.46 bits per heavy atom. The highest BCUT2D eigenvalue weighted by molar-refractivity contribution is 6.05. The van der Waals surface area contributed by atoms with Gasteiger partial charge in [-0.2, -0.15) is 0 Å². The van der Waals surface area contributed by atoms with Crippen LogP contribution in [0.15, 0.2) is 67.3 Å². The normalized spacial score (nSPS) is 21.4. The molecule has 0 saturated carbocycles. The number of imidazole rings is 1. The Hall–Kier alpha value is -5.12. The predicted octanol–water partition coefficient (Wildman–Crippen LogP) is 4.31. The summed E-state index contributed by atoms with van der Waals surface area (Å²) < 4.78 is 31.6. The number of ether oxygens (including phenoxy) is 5. The van der Waals surface area contributed by atoms with Gasteiger partial charge in [0.2, 0.25) is 0 Å². The molecule has 2 aromatic heterocycles. The van der Waals surface area contributed by atoms with Crippen molar-refractivity contribution < 1.29 is 38.1 Å². The molecule has 4 heterocycles. The van der Waals surface area contributed by atoms with Gasteiger partial charge in [0.25, 0.3) is 5.91 Å². The fourth-order valence-electron chi connectivity index (χ4n) is 5.50. The molecule has 15 heteroatoms. The Labute approximate surface area is 276 Å². The monoisotopic (exact) mass is 659 g/mol. The zero-order valence-electron chi connectivity index (χ0n) is 27.1. The number of fused-ring (bicyclic) bond motifs is 2. The van der Waals surface area contributed by atoms with Crippen molar-refractivity contribution in [2.45, 2.75) is 77.2 Å². The molecule has 252 valence electrons. The zero-order valence-corrected chi connectivity index (χ0v) is 27.1. The number of amides is 4. The van der Waals surface area contributed by atoms with Crippen LogP contribution >= 0.6 is 0 Å². The second kappa shape index (κ2) is 13.2. The highest BCUT2D eigenvalue weighted by Gasteiger charge is 2.56. The molecule has 0 radical (unpaired) electrons. The van der Waals surface area contributed by atoms with Crippen molar-refractivity contribution in [2.24, 2.45) is 0 Å². The van der Waals surface area contributed by atoms with Crippen LogP contribution < -0.4 is 20.7 Å². The maximum absolute atomic E-state index is 13.1. The molecule has 15 nitrogen and oxygen atoms in total. The van der Waals surface area contributed by atoms with Crippen LogP contribution in [0.1, 0.15) is 56.8 Å². The number of benzene rings is 2. The van der Waals surface area contributed by atoms with Gasteiger partial charge >= 0.3 is 12.1 Å². The molecule has 4 aromatic rings. The van der Waals surface area contributed by atoms with Crippen LogP contribution in [0.5, 0.6) is 5.75 Å². The van der Waals surface area contributed by atoms with Crippen LogP contribution in [0.2, 0.25) is 0 Å². The lowest BCUT2D eigenvalue weighted by Gasteiger charge is -2.25. The van der Waals surface area contributed by atoms with Crippen molar-refractivity contribution in [1.82, 2.24) is 30.2 Å². The van der Waals surface area contributed by atoms with Gasteiger partial charge in [0.1, 0.15) is 42.6 Å². The van der Waals surface area contributed by atoms with Crippen LogP contribution in [0, 0.1) is 0 Å². The quantitative estimate of drug-likeness (QED) is 0.246. The number of para-hydroxylation sites is 1. The van der Waals surface area contributed by atoms with Crippen molar-refractivity contribution in [1.29, 1.82) is 0 Å². The summed E-state index contributed by atoms with van der Waals surface area (Å²) >= 11 is 0. The summed E-state index contributed by atoms with van der Waals surface area (Å²) in [6, 6.07) is 15.5. The number of hydrogen-bond acceptors (Lipinski definition) is 11. The van der Waals surface area contributed by atoms with Crippen molar-refractivity contribution in [3.8, 4) is 5.75 Å². The Balaban J connectivity index is 1.12. The number of carbonyl (C=O) groups excluding carboxylic acids is 3. The van der Waals surface area contributed by atoms with Crippen LogP contribution in [-0.2, 0) is 25.6 Å². The second-order valence-electron chi connectivity index (χ2n) is 12.7. The van der Waals surface area contributed by atoms with Gasteiger partial charge in [0, 0.05) is 6.54 Å². The standard InChI is InChI=1S/C33H37N7O8/c1-32(2,3)48-31(43)38-26-23-27(36-17-35-26)40(18-37-23)29-25-24(46-33(4,5)47-25)22(45-29)15-34-30(42)39-28(41)20-13-9-10-14-21(20)44-16-19-11-7-6-8-12-19/h6-14,17-18,22,24-25,29H,15-16H2,1-5H3,(H2,34,39,41,42)(H,35,36,38,43)/t22-,24+,25?,29-/m1/s1. The van der Waals surface area contributed by atoms with Gasteiger partial charge in [-0.1, -0.05) is 42.5 Å². The second-order valence-corrected chi connectivity index (χ2v) is 12.7. The minimum atomic E-state index is -0.938. The highest BCUT2D eigenvalue weighted by atomic mass is 16.8. The number of aromatic nitrogens is 4. The molecule has 0 bridgehead atoms. The largest absolute Gasteiger partial charge is 0.488 e. The van der Waals surface area contributed by atoms with E-state index >= 15 is 0 Å². The zero-order chi connectivity index (χ0) is 34.1. The number of urea groups is 1. The first-order valence-electron chi connectivity index (χ1n) is 15.4. The smallest absolute Gasteiger partial charge is 0.413 e. The Bertz CT molecular complexity index is 1810. The molecule has 0 aliphatic carbocycles. The Morgan fingerprint density at radius 2 is 1.69 bits per heavy atom. The third-order valence-electron chi connectivity index (χ3n) is 7.44. The molecule has 2 aliphatic rings. The molecule has 6 rings (SSSR count). The molecule has 3 N–H and O–H groups in total. The Kier molecular flexibility index (Phi) is 9.01. The summed E-state index contributed by atoms with van der Waals surface area (Å²) in [4.78, 5) is 51.3.